The summed E-state index contributed by atoms with van der Waals surface area (Å²) in [6, 6.07) is 5.66. The van der Waals surface area contributed by atoms with Gasteiger partial charge in [0.15, 0.2) is 5.69 Å². The zero-order valence-corrected chi connectivity index (χ0v) is 12.6. The highest BCUT2D eigenvalue weighted by Crippen LogP contribution is 2.28. The molecule has 0 aliphatic carbocycles. The summed E-state index contributed by atoms with van der Waals surface area (Å²) in [6.07, 6.45) is 1.52. The number of aryl methyl sites for hydroxylation is 1. The van der Waals surface area contributed by atoms with E-state index in [1.54, 1.807) is 10.6 Å². The van der Waals surface area contributed by atoms with Crippen LogP contribution in [0.3, 0.4) is 0 Å². The summed E-state index contributed by atoms with van der Waals surface area (Å²) >= 11 is 1.12. The minimum absolute atomic E-state index is 0.102. The zero-order chi connectivity index (χ0) is 15.9. The van der Waals surface area contributed by atoms with Gasteiger partial charge in [-0.25, -0.2) is 4.79 Å². The van der Waals surface area contributed by atoms with Gasteiger partial charge in [0.1, 0.15) is 17.1 Å². The van der Waals surface area contributed by atoms with Crippen LogP contribution in [-0.2, 0) is 4.74 Å². The van der Waals surface area contributed by atoms with E-state index in [0.717, 1.165) is 22.8 Å². The Morgan fingerprint density at radius 2 is 2.09 bits per heavy atom. The van der Waals surface area contributed by atoms with Crippen molar-refractivity contribution in [2.24, 2.45) is 0 Å². The fourth-order valence-electron chi connectivity index (χ4n) is 2.29. The molecular formula is C14H11N5O2S. The highest BCUT2D eigenvalue weighted by molar-refractivity contribution is 7.00. The van der Waals surface area contributed by atoms with Crippen LogP contribution in [0.2, 0.25) is 0 Å². The fourth-order valence-corrected chi connectivity index (χ4v) is 2.80. The molecule has 0 saturated carbocycles. The summed E-state index contributed by atoms with van der Waals surface area (Å²) in [6.45, 7) is 1.89. The average molecular weight is 313 g/mol. The van der Waals surface area contributed by atoms with Gasteiger partial charge in [-0.3, -0.25) is 0 Å². The van der Waals surface area contributed by atoms with Crippen LogP contribution in [0, 0.1) is 18.3 Å². The molecule has 3 rings (SSSR count). The quantitative estimate of drug-likeness (QED) is 0.725. The van der Waals surface area contributed by atoms with Crippen molar-refractivity contribution in [1.29, 1.82) is 5.26 Å². The van der Waals surface area contributed by atoms with Gasteiger partial charge in [0, 0.05) is 6.20 Å². The van der Waals surface area contributed by atoms with Gasteiger partial charge in [-0.05, 0) is 24.6 Å². The molecule has 0 amide bonds. The Balaban J connectivity index is 2.32. The number of hydrogen-bond acceptors (Lipinski definition) is 7. The smallest absolute Gasteiger partial charge is 0.357 e. The van der Waals surface area contributed by atoms with Crippen LogP contribution in [0.5, 0.6) is 0 Å². The lowest BCUT2D eigenvalue weighted by molar-refractivity contribution is 0.0593. The third-order valence-electron chi connectivity index (χ3n) is 3.37. The first-order valence-corrected chi connectivity index (χ1v) is 7.02. The van der Waals surface area contributed by atoms with Crippen molar-refractivity contribution >= 4 is 34.4 Å². The Morgan fingerprint density at radius 1 is 1.41 bits per heavy atom. The molecule has 0 saturated heterocycles. The average Bonchev–Trinajstić information content (AvgIpc) is 3.09. The Hall–Kier alpha value is -2.92. The second-order valence-corrected chi connectivity index (χ2v) is 5.20. The van der Waals surface area contributed by atoms with Crippen molar-refractivity contribution in [3.63, 3.8) is 0 Å². The maximum absolute atomic E-state index is 12.0. The van der Waals surface area contributed by atoms with Gasteiger partial charge in [0.2, 0.25) is 0 Å². The number of nitrogen functional groups attached to an aromatic ring is 1. The number of ether oxygens (including phenoxy) is 1. The second-order valence-electron chi connectivity index (χ2n) is 4.67. The Labute approximate surface area is 129 Å². The summed E-state index contributed by atoms with van der Waals surface area (Å²) in [4.78, 5) is 12.0. The molecule has 0 aliphatic rings. The first kappa shape index (κ1) is 14.0. The maximum atomic E-state index is 12.0. The van der Waals surface area contributed by atoms with E-state index in [2.05, 4.69) is 8.75 Å². The lowest BCUT2D eigenvalue weighted by Gasteiger charge is -2.11. The molecule has 7 nitrogen and oxygen atoms in total. The third-order valence-corrected chi connectivity index (χ3v) is 3.93. The van der Waals surface area contributed by atoms with Crippen LogP contribution in [-0.4, -0.2) is 26.4 Å². The highest BCUT2D eigenvalue weighted by atomic mass is 32.1. The van der Waals surface area contributed by atoms with E-state index >= 15 is 0 Å². The summed E-state index contributed by atoms with van der Waals surface area (Å²) in [5.41, 5.74) is 9.43. The molecule has 22 heavy (non-hydrogen) atoms. The normalized spacial score (nSPS) is 10.6. The number of methoxy groups -OCH3 is 1. The summed E-state index contributed by atoms with van der Waals surface area (Å²) < 4.78 is 14.7. The minimum atomic E-state index is -0.602. The topological polar surface area (TPSA) is 107 Å². The number of esters is 1. The van der Waals surface area contributed by atoms with E-state index in [0.29, 0.717) is 11.2 Å². The van der Waals surface area contributed by atoms with Crippen LogP contribution >= 0.6 is 11.7 Å². The van der Waals surface area contributed by atoms with Crippen LogP contribution in [0.25, 0.3) is 16.7 Å². The molecular weight excluding hydrogens is 302 g/mol. The number of hydrogen-bond donors (Lipinski definition) is 1. The van der Waals surface area contributed by atoms with Crippen LogP contribution in [0.4, 0.5) is 5.69 Å². The molecule has 0 bridgehead atoms. The molecule has 2 N–H and O–H groups in total. The van der Waals surface area contributed by atoms with Crippen molar-refractivity contribution in [1.82, 2.24) is 13.3 Å². The van der Waals surface area contributed by atoms with E-state index in [-0.39, 0.29) is 16.9 Å². The van der Waals surface area contributed by atoms with E-state index in [1.807, 2.05) is 19.1 Å². The number of nitriles is 1. The fraction of sp³-hybridized carbons (Fsp3) is 0.143. The number of aromatic nitrogens is 3. The van der Waals surface area contributed by atoms with Gasteiger partial charge in [0.25, 0.3) is 0 Å². The largest absolute Gasteiger partial charge is 0.464 e. The van der Waals surface area contributed by atoms with Crippen molar-refractivity contribution < 1.29 is 9.53 Å². The third kappa shape index (κ3) is 1.99. The molecule has 0 aliphatic heterocycles. The number of anilines is 1. The van der Waals surface area contributed by atoms with E-state index < -0.39 is 5.97 Å². The first-order chi connectivity index (χ1) is 10.6. The molecule has 2 aromatic heterocycles. The van der Waals surface area contributed by atoms with E-state index in [4.69, 9.17) is 15.7 Å². The number of fused-ring (bicyclic) bond motifs is 1. The molecule has 8 heteroatoms. The highest BCUT2D eigenvalue weighted by Gasteiger charge is 2.22. The molecule has 0 atom stereocenters. The number of nitrogens with zero attached hydrogens (tertiary/aromatic N) is 4. The Bertz CT molecular complexity index is 935. The van der Waals surface area contributed by atoms with Gasteiger partial charge < -0.3 is 15.0 Å². The lowest BCUT2D eigenvalue weighted by Crippen LogP contribution is -2.11. The molecule has 1 aromatic carbocycles. The number of carbonyl (C=O) groups is 1. The molecule has 0 fully saturated rings. The van der Waals surface area contributed by atoms with Crippen LogP contribution < -0.4 is 5.73 Å². The van der Waals surface area contributed by atoms with Gasteiger partial charge in [-0.1, -0.05) is 0 Å². The maximum Gasteiger partial charge on any atom is 0.357 e. The molecule has 110 valence electrons. The van der Waals surface area contributed by atoms with Gasteiger partial charge >= 0.3 is 5.97 Å². The molecule has 0 unspecified atom stereocenters. The summed E-state index contributed by atoms with van der Waals surface area (Å²) in [5.74, 6) is -0.602. The van der Waals surface area contributed by atoms with E-state index in [1.165, 1.54) is 13.3 Å². The predicted molar refractivity (Wildman–Crippen MR) is 81.9 cm³/mol. The molecule has 3 aromatic rings. The summed E-state index contributed by atoms with van der Waals surface area (Å²) in [5, 5.41) is 9.15. The van der Waals surface area contributed by atoms with Crippen molar-refractivity contribution in [3.05, 3.63) is 35.2 Å². The number of nitrogens with two attached hydrogens (primary N) is 1. The standard InChI is InChI=1S/C14H11N5O2S/c1-7-3-9-10(18-22-17-9)4-11(7)19-6-8(5-15)12(16)13(19)14(20)21-2/h3-4,6H,16H2,1-2H3. The second kappa shape index (κ2) is 5.13. The van der Waals surface area contributed by atoms with Crippen LogP contribution in [0.1, 0.15) is 21.6 Å². The van der Waals surface area contributed by atoms with E-state index in [9.17, 15) is 4.79 Å². The van der Waals surface area contributed by atoms with Crippen molar-refractivity contribution in [2.75, 3.05) is 12.8 Å². The molecule has 0 spiro atoms. The van der Waals surface area contributed by atoms with Gasteiger partial charge in [-0.15, -0.1) is 0 Å². The Morgan fingerprint density at radius 3 is 2.73 bits per heavy atom. The summed E-state index contributed by atoms with van der Waals surface area (Å²) in [7, 11) is 1.27. The number of benzene rings is 1. The minimum Gasteiger partial charge on any atom is -0.464 e. The first-order valence-electron chi connectivity index (χ1n) is 6.29. The Kier molecular flexibility index (Phi) is 3.27. The molecule has 2 heterocycles. The van der Waals surface area contributed by atoms with Crippen molar-refractivity contribution in [2.45, 2.75) is 6.92 Å². The SMILES string of the molecule is COC(=O)c1c(N)c(C#N)cn1-c1cc2nsnc2cc1C. The van der Waals surface area contributed by atoms with Gasteiger partial charge in [-0.2, -0.15) is 14.0 Å². The molecule has 0 radical (unpaired) electrons. The number of rotatable bonds is 2. The number of carbonyl (C=O) groups excluding carboxylic acids is 1. The zero-order valence-electron chi connectivity index (χ0n) is 11.8. The lowest BCUT2D eigenvalue weighted by atomic mass is 10.1. The predicted octanol–water partition coefficient (Wildman–Crippen LogP) is 2.03. The monoisotopic (exact) mass is 313 g/mol. The van der Waals surface area contributed by atoms with Crippen LogP contribution in [0.15, 0.2) is 18.3 Å². The van der Waals surface area contributed by atoms with Gasteiger partial charge in [0.05, 0.1) is 35.8 Å². The van der Waals surface area contributed by atoms with Crippen molar-refractivity contribution in [3.8, 4) is 11.8 Å².